The molecule has 7 nitrogen and oxygen atoms in total. The zero-order valence-corrected chi connectivity index (χ0v) is 18.0. The predicted molar refractivity (Wildman–Crippen MR) is 111 cm³/mol. The maximum Gasteiger partial charge on any atom is 0.325 e. The Morgan fingerprint density at radius 2 is 1.86 bits per heavy atom. The van der Waals surface area contributed by atoms with Gasteiger partial charge in [0.05, 0.1) is 47.2 Å². The van der Waals surface area contributed by atoms with Gasteiger partial charge in [-0.25, -0.2) is 0 Å². The molecule has 0 saturated carbocycles. The number of amides is 1. The van der Waals surface area contributed by atoms with E-state index in [0.29, 0.717) is 22.0 Å². The lowest BCUT2D eigenvalue weighted by atomic mass is 10.2. The molecule has 152 valence electrons. The number of hydrogen-bond donors (Lipinski definition) is 0. The number of nitrogens with zero attached hydrogens (tertiary/aromatic N) is 2. The average Bonchev–Trinajstić information content (AvgIpc) is 3.07. The van der Waals surface area contributed by atoms with Crippen molar-refractivity contribution < 1.29 is 23.8 Å². The summed E-state index contributed by atoms with van der Waals surface area (Å²) in [6.45, 7) is -0.178. The molecule has 1 heterocycles. The summed E-state index contributed by atoms with van der Waals surface area (Å²) in [5.41, 5.74) is 0.752. The quantitative estimate of drug-likeness (QED) is 0.545. The van der Waals surface area contributed by atoms with Crippen molar-refractivity contribution in [3.63, 3.8) is 0 Å². The van der Waals surface area contributed by atoms with Gasteiger partial charge in [0.2, 0.25) is 0 Å². The number of benzene rings is 2. The minimum atomic E-state index is -0.545. The highest BCUT2D eigenvalue weighted by Gasteiger charge is 2.18. The lowest BCUT2D eigenvalue weighted by Gasteiger charge is -2.08. The van der Waals surface area contributed by atoms with E-state index in [9.17, 15) is 9.59 Å². The van der Waals surface area contributed by atoms with Crippen LogP contribution in [0.3, 0.4) is 0 Å². The third-order valence-electron chi connectivity index (χ3n) is 4.09. The summed E-state index contributed by atoms with van der Waals surface area (Å²) in [4.78, 5) is 29.3. The number of rotatable bonds is 5. The number of carbonyl (C=O) groups excluding carboxylic acids is 2. The molecule has 0 spiro atoms. The number of ether oxygens (including phenoxy) is 3. The first-order valence-electron chi connectivity index (χ1n) is 8.24. The van der Waals surface area contributed by atoms with Gasteiger partial charge in [0.15, 0.2) is 4.80 Å². The van der Waals surface area contributed by atoms with Crippen molar-refractivity contribution in [1.82, 2.24) is 4.57 Å². The molecule has 0 saturated heterocycles. The summed E-state index contributed by atoms with van der Waals surface area (Å²) in [6.07, 6.45) is 0. The smallest absolute Gasteiger partial charge is 0.325 e. The molecule has 2 aromatic carbocycles. The number of carbonyl (C=O) groups is 2. The van der Waals surface area contributed by atoms with Gasteiger partial charge in [-0.1, -0.05) is 34.5 Å². The molecule has 29 heavy (non-hydrogen) atoms. The summed E-state index contributed by atoms with van der Waals surface area (Å²) in [6, 6.07) is 8.18. The van der Waals surface area contributed by atoms with Crippen LogP contribution in [0.15, 0.2) is 35.3 Å². The van der Waals surface area contributed by atoms with Crippen LogP contribution in [0.25, 0.3) is 10.2 Å². The normalized spacial score (nSPS) is 11.6. The van der Waals surface area contributed by atoms with Crippen molar-refractivity contribution in [2.24, 2.45) is 4.99 Å². The van der Waals surface area contributed by atoms with Crippen LogP contribution in [0.4, 0.5) is 0 Å². The van der Waals surface area contributed by atoms with Crippen LogP contribution in [0.2, 0.25) is 10.0 Å². The van der Waals surface area contributed by atoms with E-state index in [1.54, 1.807) is 30.3 Å². The highest BCUT2D eigenvalue weighted by molar-refractivity contribution is 7.16. The third kappa shape index (κ3) is 4.24. The average molecular weight is 455 g/mol. The highest BCUT2D eigenvalue weighted by Crippen LogP contribution is 2.32. The van der Waals surface area contributed by atoms with E-state index in [-0.39, 0.29) is 21.9 Å². The summed E-state index contributed by atoms with van der Waals surface area (Å²) >= 11 is 13.7. The van der Waals surface area contributed by atoms with Crippen LogP contribution in [-0.4, -0.2) is 37.8 Å². The molecule has 0 aliphatic heterocycles. The van der Waals surface area contributed by atoms with Gasteiger partial charge in [0.1, 0.15) is 18.0 Å². The van der Waals surface area contributed by atoms with Crippen LogP contribution in [0.1, 0.15) is 10.4 Å². The molecule has 0 N–H and O–H groups in total. The number of fused-ring (bicyclic) bond motifs is 1. The van der Waals surface area contributed by atoms with Crippen LogP contribution in [0.5, 0.6) is 11.5 Å². The van der Waals surface area contributed by atoms with Gasteiger partial charge in [-0.3, -0.25) is 9.59 Å². The Morgan fingerprint density at radius 3 is 2.52 bits per heavy atom. The first-order valence-corrected chi connectivity index (χ1v) is 9.82. The molecule has 0 atom stereocenters. The first-order chi connectivity index (χ1) is 13.9. The molecule has 0 aliphatic carbocycles. The van der Waals surface area contributed by atoms with Crippen molar-refractivity contribution >= 4 is 56.6 Å². The Morgan fingerprint density at radius 1 is 1.10 bits per heavy atom. The number of halogens is 2. The van der Waals surface area contributed by atoms with Gasteiger partial charge >= 0.3 is 5.97 Å². The fraction of sp³-hybridized carbons (Fsp3) is 0.211. The van der Waals surface area contributed by atoms with Gasteiger partial charge < -0.3 is 18.8 Å². The maximum absolute atomic E-state index is 12.9. The van der Waals surface area contributed by atoms with Gasteiger partial charge in [-0.2, -0.15) is 4.99 Å². The first kappa shape index (κ1) is 21.2. The van der Waals surface area contributed by atoms with E-state index in [1.807, 2.05) is 0 Å². The second-order valence-corrected chi connectivity index (χ2v) is 7.53. The van der Waals surface area contributed by atoms with Crippen molar-refractivity contribution in [2.75, 3.05) is 21.3 Å². The van der Waals surface area contributed by atoms with E-state index >= 15 is 0 Å². The molecule has 0 unspecified atom stereocenters. The molecular weight excluding hydrogens is 439 g/mol. The monoisotopic (exact) mass is 454 g/mol. The molecule has 0 bridgehead atoms. The van der Waals surface area contributed by atoms with E-state index in [0.717, 1.165) is 4.70 Å². The van der Waals surface area contributed by atoms with Crippen molar-refractivity contribution in [3.05, 3.63) is 50.7 Å². The third-order valence-corrected chi connectivity index (χ3v) is 5.92. The molecule has 1 aromatic heterocycles. The van der Waals surface area contributed by atoms with Crippen molar-refractivity contribution in [2.45, 2.75) is 6.54 Å². The number of methoxy groups -OCH3 is 3. The molecule has 3 rings (SSSR count). The second-order valence-electron chi connectivity index (χ2n) is 5.74. The van der Waals surface area contributed by atoms with E-state index in [1.165, 1.54) is 37.2 Å². The minimum absolute atomic E-state index is 0.178. The van der Waals surface area contributed by atoms with Crippen LogP contribution in [0, 0.1) is 0 Å². The minimum Gasteiger partial charge on any atom is -0.497 e. The van der Waals surface area contributed by atoms with Gasteiger partial charge in [0.25, 0.3) is 5.91 Å². The fourth-order valence-electron chi connectivity index (χ4n) is 2.65. The summed E-state index contributed by atoms with van der Waals surface area (Å²) in [5.74, 6) is -0.198. The van der Waals surface area contributed by atoms with E-state index < -0.39 is 11.9 Å². The van der Waals surface area contributed by atoms with Crippen LogP contribution in [-0.2, 0) is 16.1 Å². The number of aromatic nitrogens is 1. The summed E-state index contributed by atoms with van der Waals surface area (Å²) < 4.78 is 17.4. The Hall–Kier alpha value is -2.55. The van der Waals surface area contributed by atoms with Gasteiger partial charge in [-0.05, 0) is 24.3 Å². The molecule has 0 radical (unpaired) electrons. The van der Waals surface area contributed by atoms with Gasteiger partial charge in [0, 0.05) is 6.07 Å². The Bertz CT molecular complexity index is 1170. The standard InChI is InChI=1S/C19H16Cl2N2O5S/c1-26-10-4-5-11(13(8-10)27-2)18(25)22-19-23(9-15(24)28-3)17-14(29-19)7-6-12(20)16(17)21/h4-8H,9H2,1-3H3. The zero-order chi connectivity index (χ0) is 21.1. The largest absolute Gasteiger partial charge is 0.497 e. The number of hydrogen-bond acceptors (Lipinski definition) is 6. The van der Waals surface area contributed by atoms with E-state index in [2.05, 4.69) is 4.99 Å². The Labute approximate surface area is 180 Å². The Kier molecular flexibility index (Phi) is 6.46. The number of thiazole rings is 1. The zero-order valence-electron chi connectivity index (χ0n) is 15.7. The van der Waals surface area contributed by atoms with Gasteiger partial charge in [-0.15, -0.1) is 0 Å². The fourth-order valence-corrected chi connectivity index (χ4v) is 4.16. The van der Waals surface area contributed by atoms with Crippen LogP contribution >= 0.6 is 34.5 Å². The number of esters is 1. The maximum atomic E-state index is 12.9. The topological polar surface area (TPSA) is 79.1 Å². The van der Waals surface area contributed by atoms with E-state index in [4.69, 9.17) is 37.4 Å². The van der Waals surface area contributed by atoms with Crippen molar-refractivity contribution in [3.8, 4) is 11.5 Å². The lowest BCUT2D eigenvalue weighted by molar-refractivity contribution is -0.141. The molecule has 10 heteroatoms. The SMILES string of the molecule is COC(=O)Cn1c(=NC(=O)c2ccc(OC)cc2OC)sc2ccc(Cl)c(Cl)c21. The molecule has 3 aromatic rings. The summed E-state index contributed by atoms with van der Waals surface area (Å²) in [7, 11) is 4.24. The molecule has 1 amide bonds. The Balaban J connectivity index is 2.19. The molecular formula is C19H16Cl2N2O5S. The summed E-state index contributed by atoms with van der Waals surface area (Å²) in [5, 5.41) is 0.588. The lowest BCUT2D eigenvalue weighted by Crippen LogP contribution is -2.22. The van der Waals surface area contributed by atoms with Crippen LogP contribution < -0.4 is 14.3 Å². The second kappa shape index (κ2) is 8.86. The highest BCUT2D eigenvalue weighted by atomic mass is 35.5. The molecule has 0 aliphatic rings. The molecule has 0 fully saturated rings. The van der Waals surface area contributed by atoms with Crippen molar-refractivity contribution in [1.29, 1.82) is 0 Å². The predicted octanol–water partition coefficient (Wildman–Crippen LogP) is 3.94.